The van der Waals surface area contributed by atoms with Crippen LogP contribution in [0.1, 0.15) is 38.6 Å². The van der Waals surface area contributed by atoms with E-state index in [4.69, 9.17) is 5.73 Å². The fraction of sp³-hybridized carbons (Fsp3) is 0.500. The first kappa shape index (κ1) is 13.0. The summed E-state index contributed by atoms with van der Waals surface area (Å²) >= 11 is 0. The Hall–Kier alpha value is -1.98. The molecule has 0 saturated heterocycles. The Morgan fingerprint density at radius 1 is 1.30 bits per heavy atom. The van der Waals surface area contributed by atoms with Gasteiger partial charge in [-0.2, -0.15) is 0 Å². The molecule has 1 aromatic carbocycles. The maximum atomic E-state index is 14.1. The van der Waals surface area contributed by atoms with Crippen molar-refractivity contribution >= 4 is 5.69 Å². The summed E-state index contributed by atoms with van der Waals surface area (Å²) in [5.41, 5.74) is 6.39. The van der Waals surface area contributed by atoms with E-state index in [-0.39, 0.29) is 11.9 Å². The maximum Gasteiger partial charge on any atom is 0.185 e. The third-order valence-corrected chi connectivity index (χ3v) is 4.11. The Morgan fingerprint density at radius 3 is 2.85 bits per heavy atom. The normalized spacial score (nSPS) is 22.9. The van der Waals surface area contributed by atoms with E-state index in [0.29, 0.717) is 23.0 Å². The topological polar surface area (TPSA) is 69.6 Å². The number of hydrogen-bond donors (Lipinski definition) is 1. The van der Waals surface area contributed by atoms with Crippen LogP contribution in [-0.2, 0) is 0 Å². The van der Waals surface area contributed by atoms with Gasteiger partial charge in [-0.15, -0.1) is 5.10 Å². The van der Waals surface area contributed by atoms with Crippen molar-refractivity contribution in [2.75, 3.05) is 5.73 Å². The molecule has 0 bridgehead atoms. The molecule has 6 heteroatoms. The van der Waals surface area contributed by atoms with Crippen LogP contribution >= 0.6 is 0 Å². The molecule has 2 unspecified atom stereocenters. The number of benzene rings is 1. The quantitative estimate of drug-likeness (QED) is 0.856. The fourth-order valence-corrected chi connectivity index (χ4v) is 2.97. The van der Waals surface area contributed by atoms with E-state index in [1.165, 1.54) is 18.9 Å². The lowest BCUT2D eigenvalue weighted by molar-refractivity contribution is 0.239. The van der Waals surface area contributed by atoms with Gasteiger partial charge in [0.1, 0.15) is 5.82 Å². The van der Waals surface area contributed by atoms with Crippen molar-refractivity contribution < 1.29 is 4.39 Å². The minimum Gasteiger partial charge on any atom is -0.399 e. The molecule has 0 radical (unpaired) electrons. The van der Waals surface area contributed by atoms with E-state index in [1.807, 2.05) is 0 Å². The highest BCUT2D eigenvalue weighted by Gasteiger charge is 2.27. The Bertz CT molecular complexity index is 609. The molecule has 2 aromatic rings. The van der Waals surface area contributed by atoms with Crippen molar-refractivity contribution in [3.05, 3.63) is 24.0 Å². The number of nitrogen functional groups attached to an aromatic ring is 1. The van der Waals surface area contributed by atoms with Gasteiger partial charge < -0.3 is 5.73 Å². The van der Waals surface area contributed by atoms with Crippen LogP contribution in [0, 0.1) is 11.7 Å². The Morgan fingerprint density at radius 2 is 2.10 bits per heavy atom. The summed E-state index contributed by atoms with van der Waals surface area (Å²) in [6.45, 7) is 2.20. The molecule has 0 aliphatic heterocycles. The first-order chi connectivity index (χ1) is 9.66. The Labute approximate surface area is 117 Å². The number of rotatable bonds is 2. The molecule has 20 heavy (non-hydrogen) atoms. The molecular formula is C14H18FN5. The van der Waals surface area contributed by atoms with Gasteiger partial charge in [0.15, 0.2) is 5.82 Å². The van der Waals surface area contributed by atoms with Gasteiger partial charge in [0.05, 0.1) is 11.6 Å². The zero-order valence-corrected chi connectivity index (χ0v) is 11.5. The van der Waals surface area contributed by atoms with Gasteiger partial charge in [0.2, 0.25) is 0 Å². The fourth-order valence-electron chi connectivity index (χ4n) is 2.97. The highest BCUT2D eigenvalue weighted by atomic mass is 19.1. The summed E-state index contributed by atoms with van der Waals surface area (Å²) in [4.78, 5) is 0. The largest absolute Gasteiger partial charge is 0.399 e. The molecule has 3 rings (SSSR count). The monoisotopic (exact) mass is 275 g/mol. The predicted octanol–water partition coefficient (Wildman–Crippen LogP) is 2.81. The molecule has 0 spiro atoms. The first-order valence-electron chi connectivity index (χ1n) is 7.00. The summed E-state index contributed by atoms with van der Waals surface area (Å²) in [6.07, 6.45) is 4.61. The lowest BCUT2D eigenvalue weighted by atomic mass is 9.86. The molecule has 0 amide bonds. The molecule has 1 fully saturated rings. The molecule has 2 atom stereocenters. The van der Waals surface area contributed by atoms with Gasteiger partial charge in [0, 0.05) is 5.69 Å². The van der Waals surface area contributed by atoms with Crippen LogP contribution in [0.3, 0.4) is 0 Å². The highest BCUT2D eigenvalue weighted by Crippen LogP contribution is 2.35. The average Bonchev–Trinajstić information content (AvgIpc) is 2.88. The highest BCUT2D eigenvalue weighted by molar-refractivity contribution is 5.59. The SMILES string of the molecule is CC1CCCCC1n1nnnc1-c1ccc(N)cc1F. The second-order valence-corrected chi connectivity index (χ2v) is 5.52. The van der Waals surface area contributed by atoms with Crippen LogP contribution in [0.25, 0.3) is 11.4 Å². The molecular weight excluding hydrogens is 257 g/mol. The molecule has 1 saturated carbocycles. The van der Waals surface area contributed by atoms with Crippen LogP contribution in [-0.4, -0.2) is 20.2 Å². The molecule has 106 valence electrons. The summed E-state index contributed by atoms with van der Waals surface area (Å²) < 4.78 is 15.8. The summed E-state index contributed by atoms with van der Waals surface area (Å²) in [6, 6.07) is 4.85. The molecule has 2 N–H and O–H groups in total. The van der Waals surface area contributed by atoms with Crippen molar-refractivity contribution in [2.45, 2.75) is 38.6 Å². The van der Waals surface area contributed by atoms with Gasteiger partial charge in [-0.1, -0.05) is 19.8 Å². The number of anilines is 1. The van der Waals surface area contributed by atoms with Gasteiger partial charge in [-0.3, -0.25) is 0 Å². The number of aromatic nitrogens is 4. The first-order valence-corrected chi connectivity index (χ1v) is 7.00. The minimum absolute atomic E-state index is 0.241. The van der Waals surface area contributed by atoms with E-state index in [0.717, 1.165) is 12.8 Å². The van der Waals surface area contributed by atoms with Crippen molar-refractivity contribution in [1.29, 1.82) is 0 Å². The Balaban J connectivity index is 2.01. The minimum atomic E-state index is -0.385. The standard InChI is InChI=1S/C14H18FN5/c1-9-4-2-3-5-13(9)20-14(17-18-19-20)11-7-6-10(16)8-12(11)15/h6-9,13H,2-5,16H2,1H3. The smallest absolute Gasteiger partial charge is 0.185 e. The van der Waals surface area contributed by atoms with E-state index >= 15 is 0 Å². The Kier molecular flexibility index (Phi) is 3.38. The average molecular weight is 275 g/mol. The lowest BCUT2D eigenvalue weighted by Gasteiger charge is -2.29. The maximum absolute atomic E-state index is 14.1. The summed E-state index contributed by atoms with van der Waals surface area (Å²) in [5, 5.41) is 11.8. The second kappa shape index (κ2) is 5.19. The van der Waals surface area contributed by atoms with Crippen molar-refractivity contribution in [3.8, 4) is 11.4 Å². The van der Waals surface area contributed by atoms with Gasteiger partial charge in [0.25, 0.3) is 0 Å². The van der Waals surface area contributed by atoms with E-state index in [9.17, 15) is 4.39 Å². The number of nitrogens with zero attached hydrogens (tertiary/aromatic N) is 4. The van der Waals surface area contributed by atoms with Crippen molar-refractivity contribution in [1.82, 2.24) is 20.2 Å². The van der Waals surface area contributed by atoms with Gasteiger partial charge in [-0.05, 0) is 47.4 Å². The molecule has 5 nitrogen and oxygen atoms in total. The third-order valence-electron chi connectivity index (χ3n) is 4.11. The van der Waals surface area contributed by atoms with Gasteiger partial charge >= 0.3 is 0 Å². The van der Waals surface area contributed by atoms with Crippen LogP contribution < -0.4 is 5.73 Å². The van der Waals surface area contributed by atoms with E-state index in [1.54, 1.807) is 16.8 Å². The van der Waals surface area contributed by atoms with Crippen LogP contribution in [0.15, 0.2) is 18.2 Å². The molecule has 1 heterocycles. The number of nitrogens with two attached hydrogens (primary N) is 1. The third kappa shape index (κ3) is 2.26. The lowest BCUT2D eigenvalue weighted by Crippen LogP contribution is -2.23. The van der Waals surface area contributed by atoms with Crippen LogP contribution in [0.4, 0.5) is 10.1 Å². The van der Waals surface area contributed by atoms with Crippen molar-refractivity contribution in [3.63, 3.8) is 0 Å². The summed E-state index contributed by atoms with van der Waals surface area (Å²) in [5.74, 6) is 0.605. The molecule has 1 aliphatic rings. The molecule has 1 aromatic heterocycles. The van der Waals surface area contributed by atoms with E-state index in [2.05, 4.69) is 22.4 Å². The van der Waals surface area contributed by atoms with Crippen LogP contribution in [0.5, 0.6) is 0 Å². The molecule has 1 aliphatic carbocycles. The number of halogens is 1. The van der Waals surface area contributed by atoms with Crippen LogP contribution in [0.2, 0.25) is 0 Å². The van der Waals surface area contributed by atoms with E-state index < -0.39 is 0 Å². The zero-order valence-electron chi connectivity index (χ0n) is 11.5. The van der Waals surface area contributed by atoms with Gasteiger partial charge in [-0.25, -0.2) is 9.07 Å². The van der Waals surface area contributed by atoms with Crippen molar-refractivity contribution in [2.24, 2.45) is 5.92 Å². The zero-order chi connectivity index (χ0) is 14.1. The predicted molar refractivity (Wildman–Crippen MR) is 74.3 cm³/mol. The number of tetrazole rings is 1. The second-order valence-electron chi connectivity index (χ2n) is 5.52. The number of hydrogen-bond acceptors (Lipinski definition) is 4. The summed E-state index contributed by atoms with van der Waals surface area (Å²) in [7, 11) is 0.